The molecule has 1 aromatic carbocycles. The zero-order valence-electron chi connectivity index (χ0n) is 10.8. The van der Waals surface area contributed by atoms with Gasteiger partial charge in [-0.15, -0.1) is 0 Å². The van der Waals surface area contributed by atoms with E-state index in [1.165, 1.54) is 4.90 Å². The van der Waals surface area contributed by atoms with Crippen LogP contribution in [0.15, 0.2) is 41.7 Å². The van der Waals surface area contributed by atoms with E-state index in [-0.39, 0.29) is 12.2 Å². The summed E-state index contributed by atoms with van der Waals surface area (Å²) in [5, 5.41) is 9.84. The van der Waals surface area contributed by atoms with E-state index in [0.717, 1.165) is 5.56 Å². The number of aliphatic hydroxyl groups excluding tert-OH is 1. The molecule has 100 valence electrons. The van der Waals surface area contributed by atoms with Gasteiger partial charge >= 0.3 is 5.97 Å². The monoisotopic (exact) mass is 261 g/mol. The van der Waals surface area contributed by atoms with Crippen LogP contribution in [0.2, 0.25) is 0 Å². The van der Waals surface area contributed by atoms with Crippen LogP contribution < -0.4 is 0 Å². The van der Waals surface area contributed by atoms with Crippen molar-refractivity contribution in [3.05, 3.63) is 47.2 Å². The second-order valence-corrected chi connectivity index (χ2v) is 4.21. The van der Waals surface area contributed by atoms with Crippen molar-refractivity contribution in [2.45, 2.75) is 13.0 Å². The molecular formula is C14H15NO4. The zero-order chi connectivity index (χ0) is 14.0. The van der Waals surface area contributed by atoms with Gasteiger partial charge in [0, 0.05) is 7.05 Å². The quantitative estimate of drug-likeness (QED) is 0.839. The second-order valence-electron chi connectivity index (χ2n) is 4.21. The Bertz CT molecular complexity index is 536. The van der Waals surface area contributed by atoms with E-state index >= 15 is 0 Å². The summed E-state index contributed by atoms with van der Waals surface area (Å²) >= 11 is 0. The number of rotatable bonds is 3. The molecule has 1 unspecified atom stereocenters. The van der Waals surface area contributed by atoms with Gasteiger partial charge in [0.15, 0.2) is 5.76 Å². The minimum atomic E-state index is -0.661. The van der Waals surface area contributed by atoms with Gasteiger partial charge in [0.25, 0.3) is 5.91 Å². The molecule has 5 heteroatoms. The summed E-state index contributed by atoms with van der Waals surface area (Å²) in [4.78, 5) is 25.1. The third-order valence-electron chi connectivity index (χ3n) is 3.05. The van der Waals surface area contributed by atoms with E-state index in [2.05, 4.69) is 0 Å². The van der Waals surface area contributed by atoms with Crippen LogP contribution in [0.1, 0.15) is 18.5 Å². The summed E-state index contributed by atoms with van der Waals surface area (Å²) < 4.78 is 4.91. The smallest absolute Gasteiger partial charge is 0.340 e. The number of amides is 1. The van der Waals surface area contributed by atoms with Gasteiger partial charge in [0.1, 0.15) is 5.57 Å². The van der Waals surface area contributed by atoms with Crippen LogP contribution in [-0.4, -0.2) is 35.5 Å². The predicted octanol–water partition coefficient (Wildman–Crippen LogP) is 1.57. The first-order chi connectivity index (χ1) is 9.07. The summed E-state index contributed by atoms with van der Waals surface area (Å²) in [6.45, 7) is 1.86. The molecule has 0 radical (unpaired) electrons. The Balaban J connectivity index is 2.46. The van der Waals surface area contributed by atoms with Crippen LogP contribution in [0.4, 0.5) is 0 Å². The molecule has 1 aliphatic heterocycles. The molecule has 0 spiro atoms. The lowest BCUT2D eigenvalue weighted by molar-refractivity contribution is -0.139. The lowest BCUT2D eigenvalue weighted by Gasteiger charge is -2.22. The molecule has 19 heavy (non-hydrogen) atoms. The van der Waals surface area contributed by atoms with E-state index < -0.39 is 23.7 Å². The van der Waals surface area contributed by atoms with E-state index in [0.29, 0.717) is 0 Å². The van der Waals surface area contributed by atoms with Crippen molar-refractivity contribution >= 4 is 11.9 Å². The summed E-state index contributed by atoms with van der Waals surface area (Å²) in [7, 11) is 1.54. The average molecular weight is 261 g/mol. The highest BCUT2D eigenvalue weighted by atomic mass is 16.5. The Hall–Kier alpha value is -2.30. The minimum Gasteiger partial charge on any atom is -0.503 e. The molecule has 1 amide bonds. The maximum atomic E-state index is 11.9. The lowest BCUT2D eigenvalue weighted by Crippen LogP contribution is -2.27. The van der Waals surface area contributed by atoms with Crippen molar-refractivity contribution in [2.75, 3.05) is 13.7 Å². The molecule has 1 N–H and O–H groups in total. The summed E-state index contributed by atoms with van der Waals surface area (Å²) in [6, 6.07) is 8.46. The highest BCUT2D eigenvalue weighted by molar-refractivity contribution is 6.06. The van der Waals surface area contributed by atoms with E-state index in [1.54, 1.807) is 26.1 Å². The molecule has 1 atom stereocenters. The molecule has 0 saturated carbocycles. The molecule has 0 aromatic heterocycles. The fraction of sp³-hybridized carbons (Fsp3) is 0.286. The van der Waals surface area contributed by atoms with Gasteiger partial charge in [-0.05, 0) is 12.5 Å². The van der Waals surface area contributed by atoms with Gasteiger partial charge in [-0.1, -0.05) is 30.3 Å². The van der Waals surface area contributed by atoms with E-state index in [4.69, 9.17) is 4.74 Å². The number of hydrogen-bond acceptors (Lipinski definition) is 4. The van der Waals surface area contributed by atoms with Gasteiger partial charge in [0.05, 0.1) is 12.6 Å². The third kappa shape index (κ3) is 2.19. The van der Waals surface area contributed by atoms with Gasteiger partial charge in [-0.3, -0.25) is 4.79 Å². The van der Waals surface area contributed by atoms with Gasteiger partial charge in [-0.25, -0.2) is 4.79 Å². The van der Waals surface area contributed by atoms with Crippen molar-refractivity contribution < 1.29 is 19.4 Å². The van der Waals surface area contributed by atoms with Gasteiger partial charge < -0.3 is 14.7 Å². The third-order valence-corrected chi connectivity index (χ3v) is 3.05. The van der Waals surface area contributed by atoms with Crippen LogP contribution >= 0.6 is 0 Å². The van der Waals surface area contributed by atoms with Crippen molar-refractivity contribution in [3.63, 3.8) is 0 Å². The van der Waals surface area contributed by atoms with E-state index in [9.17, 15) is 14.7 Å². The summed E-state index contributed by atoms with van der Waals surface area (Å²) in [5.74, 6) is -1.77. The van der Waals surface area contributed by atoms with Crippen molar-refractivity contribution in [2.24, 2.45) is 0 Å². The van der Waals surface area contributed by atoms with Crippen LogP contribution in [0.25, 0.3) is 0 Å². The van der Waals surface area contributed by atoms with Crippen LogP contribution in [0, 0.1) is 0 Å². The van der Waals surface area contributed by atoms with Crippen molar-refractivity contribution in [1.82, 2.24) is 4.90 Å². The lowest BCUT2D eigenvalue weighted by atomic mass is 10.00. The molecule has 1 aromatic rings. The van der Waals surface area contributed by atoms with Crippen LogP contribution in [-0.2, 0) is 14.3 Å². The number of carbonyl (C=O) groups excluding carboxylic acids is 2. The standard InChI is InChI=1S/C14H15NO4/c1-3-19-14(18)10-11(9-7-5-4-6-8-9)15(2)13(17)12(10)16/h4-8,11,16H,3H2,1-2H3. The highest BCUT2D eigenvalue weighted by Crippen LogP contribution is 2.36. The Labute approximate surface area is 111 Å². The van der Waals surface area contributed by atoms with Crippen LogP contribution in [0.3, 0.4) is 0 Å². The average Bonchev–Trinajstić information content (AvgIpc) is 2.64. The molecule has 0 bridgehead atoms. The Kier molecular flexibility index (Phi) is 3.55. The maximum absolute atomic E-state index is 11.9. The summed E-state index contributed by atoms with van der Waals surface area (Å²) in [5.41, 5.74) is 0.756. The number of nitrogens with zero attached hydrogens (tertiary/aromatic N) is 1. The molecule has 5 nitrogen and oxygen atoms in total. The Morgan fingerprint density at radius 3 is 2.58 bits per heavy atom. The maximum Gasteiger partial charge on any atom is 0.340 e. The second kappa shape index (κ2) is 5.14. The molecule has 0 fully saturated rings. The first kappa shape index (κ1) is 13.1. The van der Waals surface area contributed by atoms with E-state index in [1.807, 2.05) is 18.2 Å². The fourth-order valence-electron chi connectivity index (χ4n) is 2.17. The molecule has 0 aliphatic carbocycles. The zero-order valence-corrected chi connectivity index (χ0v) is 10.8. The normalized spacial score (nSPS) is 18.9. The number of benzene rings is 1. The highest BCUT2D eigenvalue weighted by Gasteiger charge is 2.42. The largest absolute Gasteiger partial charge is 0.503 e. The molecule has 0 saturated heterocycles. The number of likely N-dealkylation sites (N-methyl/N-ethyl adjacent to an activating group) is 1. The predicted molar refractivity (Wildman–Crippen MR) is 68.2 cm³/mol. The number of aliphatic hydroxyl groups is 1. The SMILES string of the molecule is CCOC(=O)C1=C(O)C(=O)N(C)C1c1ccccc1. The molecule has 1 aliphatic rings. The molecular weight excluding hydrogens is 246 g/mol. The fourth-order valence-corrected chi connectivity index (χ4v) is 2.17. The van der Waals surface area contributed by atoms with Gasteiger partial charge in [0.2, 0.25) is 0 Å². The molecule has 1 heterocycles. The number of hydrogen-bond donors (Lipinski definition) is 1. The van der Waals surface area contributed by atoms with Crippen LogP contribution in [0.5, 0.6) is 0 Å². The number of esters is 1. The number of ether oxygens (including phenoxy) is 1. The first-order valence-corrected chi connectivity index (χ1v) is 6.00. The summed E-state index contributed by atoms with van der Waals surface area (Å²) in [6.07, 6.45) is 0. The first-order valence-electron chi connectivity index (χ1n) is 6.00. The Morgan fingerprint density at radius 1 is 1.37 bits per heavy atom. The van der Waals surface area contributed by atoms with Crippen molar-refractivity contribution in [1.29, 1.82) is 0 Å². The minimum absolute atomic E-state index is 0.000509. The number of carbonyl (C=O) groups is 2. The topological polar surface area (TPSA) is 66.8 Å². The molecule has 2 rings (SSSR count). The van der Waals surface area contributed by atoms with Crippen molar-refractivity contribution in [3.8, 4) is 0 Å². The Morgan fingerprint density at radius 2 is 2.00 bits per heavy atom. The van der Waals surface area contributed by atoms with Gasteiger partial charge in [-0.2, -0.15) is 0 Å².